The van der Waals surface area contributed by atoms with Crippen LogP contribution in [0.5, 0.6) is 0 Å². The smallest absolute Gasteiger partial charge is 0.179 e. The van der Waals surface area contributed by atoms with Crippen LogP contribution < -0.4 is 5.32 Å². The Bertz CT molecular complexity index is 498. The van der Waals surface area contributed by atoms with Crippen LogP contribution in [-0.2, 0) is 15.3 Å². The molecule has 0 fully saturated rings. The van der Waals surface area contributed by atoms with Gasteiger partial charge >= 0.3 is 0 Å². The molecule has 1 atom stereocenters. The molecule has 0 spiro atoms. The summed E-state index contributed by atoms with van der Waals surface area (Å²) in [5.74, 6) is 0.135. The van der Waals surface area contributed by atoms with Gasteiger partial charge in [-0.1, -0.05) is 39.8 Å². The zero-order chi connectivity index (χ0) is 14.7. The average Bonchev–Trinajstić information content (AvgIpc) is 2.27. The molecule has 1 aromatic carbocycles. The summed E-state index contributed by atoms with van der Waals surface area (Å²) in [7, 11) is -3.21. The Balaban J connectivity index is 2.91. The van der Waals surface area contributed by atoms with Gasteiger partial charge in [-0.25, -0.2) is 8.42 Å². The predicted octanol–water partition coefficient (Wildman–Crippen LogP) is 2.76. The molecule has 0 saturated heterocycles. The number of sulfone groups is 1. The lowest BCUT2D eigenvalue weighted by molar-refractivity contribution is 0.565. The SMILES string of the molecule is CCNC(C)CS(=O)(=O)c1ccc(C(C)(C)C)cc1. The van der Waals surface area contributed by atoms with Crippen molar-refractivity contribution in [2.24, 2.45) is 0 Å². The number of benzene rings is 1. The second-order valence-electron chi connectivity index (χ2n) is 6.01. The second-order valence-corrected chi connectivity index (χ2v) is 8.05. The van der Waals surface area contributed by atoms with Crippen LogP contribution in [0.15, 0.2) is 29.2 Å². The largest absolute Gasteiger partial charge is 0.314 e. The van der Waals surface area contributed by atoms with Gasteiger partial charge in [0.1, 0.15) is 0 Å². The van der Waals surface area contributed by atoms with E-state index in [1.165, 1.54) is 0 Å². The molecule has 1 N–H and O–H groups in total. The first-order chi connectivity index (χ1) is 8.66. The minimum absolute atomic E-state index is 0.0303. The van der Waals surface area contributed by atoms with Crippen molar-refractivity contribution in [3.63, 3.8) is 0 Å². The molecule has 0 aliphatic heterocycles. The maximum absolute atomic E-state index is 12.2. The van der Waals surface area contributed by atoms with Gasteiger partial charge in [-0.3, -0.25) is 0 Å². The molecular weight excluding hydrogens is 258 g/mol. The highest BCUT2D eigenvalue weighted by molar-refractivity contribution is 7.91. The molecular formula is C15H25NO2S. The number of nitrogens with one attached hydrogen (secondary N) is 1. The summed E-state index contributed by atoms with van der Waals surface area (Å²) in [5, 5.41) is 3.13. The Morgan fingerprint density at radius 1 is 1.16 bits per heavy atom. The highest BCUT2D eigenvalue weighted by Gasteiger charge is 2.19. The lowest BCUT2D eigenvalue weighted by Gasteiger charge is -2.19. The maximum Gasteiger partial charge on any atom is 0.179 e. The van der Waals surface area contributed by atoms with Gasteiger partial charge in [-0.05, 0) is 36.6 Å². The average molecular weight is 283 g/mol. The van der Waals surface area contributed by atoms with E-state index in [9.17, 15) is 8.42 Å². The molecule has 1 rings (SSSR count). The van der Waals surface area contributed by atoms with Crippen molar-refractivity contribution in [1.29, 1.82) is 0 Å². The van der Waals surface area contributed by atoms with Gasteiger partial charge in [0.15, 0.2) is 9.84 Å². The Hall–Kier alpha value is -0.870. The molecule has 3 nitrogen and oxygen atoms in total. The summed E-state index contributed by atoms with van der Waals surface area (Å²) in [6, 6.07) is 7.22. The molecule has 0 aliphatic carbocycles. The van der Waals surface area contributed by atoms with E-state index in [1.807, 2.05) is 26.0 Å². The highest BCUT2D eigenvalue weighted by Crippen LogP contribution is 2.23. The topological polar surface area (TPSA) is 46.2 Å². The third-order valence-corrected chi connectivity index (χ3v) is 5.03. The van der Waals surface area contributed by atoms with Crippen LogP contribution in [0.3, 0.4) is 0 Å². The molecule has 0 bridgehead atoms. The van der Waals surface area contributed by atoms with Crippen LogP contribution in [0.1, 0.15) is 40.2 Å². The second kappa shape index (κ2) is 6.06. The lowest BCUT2D eigenvalue weighted by Crippen LogP contribution is -2.32. The van der Waals surface area contributed by atoms with Crippen LogP contribution >= 0.6 is 0 Å². The summed E-state index contributed by atoms with van der Waals surface area (Å²) < 4.78 is 24.5. The molecule has 0 aromatic heterocycles. The third-order valence-electron chi connectivity index (χ3n) is 3.10. The van der Waals surface area contributed by atoms with Crippen molar-refractivity contribution >= 4 is 9.84 Å². The number of rotatable bonds is 5. The Kier molecular flexibility index (Phi) is 5.16. The van der Waals surface area contributed by atoms with Gasteiger partial charge in [0, 0.05) is 6.04 Å². The third kappa shape index (κ3) is 4.62. The van der Waals surface area contributed by atoms with Crippen molar-refractivity contribution < 1.29 is 8.42 Å². The molecule has 4 heteroatoms. The molecule has 1 aromatic rings. The van der Waals surface area contributed by atoms with Gasteiger partial charge in [0.2, 0.25) is 0 Å². The number of hydrogen-bond acceptors (Lipinski definition) is 3. The molecule has 0 aliphatic rings. The van der Waals surface area contributed by atoms with E-state index >= 15 is 0 Å². The first-order valence-electron chi connectivity index (χ1n) is 6.73. The number of hydrogen-bond donors (Lipinski definition) is 1. The predicted molar refractivity (Wildman–Crippen MR) is 80.3 cm³/mol. The standard InChI is InChI=1S/C15H25NO2S/c1-6-16-12(2)11-19(17,18)14-9-7-13(8-10-14)15(3,4)5/h7-10,12,16H,6,11H2,1-5H3. The van der Waals surface area contributed by atoms with E-state index in [0.717, 1.165) is 12.1 Å². The fourth-order valence-corrected chi connectivity index (χ4v) is 3.51. The van der Waals surface area contributed by atoms with E-state index in [2.05, 4.69) is 26.1 Å². The molecule has 1 unspecified atom stereocenters. The van der Waals surface area contributed by atoms with Gasteiger partial charge in [0.25, 0.3) is 0 Å². The normalized spacial score (nSPS) is 14.4. The lowest BCUT2D eigenvalue weighted by atomic mass is 9.87. The van der Waals surface area contributed by atoms with Crippen LogP contribution in [0.2, 0.25) is 0 Å². The maximum atomic E-state index is 12.2. The zero-order valence-electron chi connectivity index (χ0n) is 12.5. The fourth-order valence-electron chi connectivity index (χ4n) is 2.00. The monoisotopic (exact) mass is 283 g/mol. The summed E-state index contributed by atoms with van der Waals surface area (Å²) in [6.07, 6.45) is 0. The summed E-state index contributed by atoms with van der Waals surface area (Å²) in [6.45, 7) is 11.0. The van der Waals surface area contributed by atoms with Crippen molar-refractivity contribution in [3.05, 3.63) is 29.8 Å². The van der Waals surface area contributed by atoms with Crippen LogP contribution in [0.4, 0.5) is 0 Å². The van der Waals surface area contributed by atoms with Crippen LogP contribution in [-0.4, -0.2) is 26.8 Å². The van der Waals surface area contributed by atoms with Gasteiger partial charge in [-0.15, -0.1) is 0 Å². The zero-order valence-corrected chi connectivity index (χ0v) is 13.3. The Morgan fingerprint density at radius 2 is 1.68 bits per heavy atom. The van der Waals surface area contributed by atoms with Gasteiger partial charge in [0.05, 0.1) is 10.6 Å². The molecule has 19 heavy (non-hydrogen) atoms. The minimum Gasteiger partial charge on any atom is -0.314 e. The first kappa shape index (κ1) is 16.2. The summed E-state index contributed by atoms with van der Waals surface area (Å²) in [4.78, 5) is 0.408. The van der Waals surface area contributed by atoms with Crippen molar-refractivity contribution in [3.8, 4) is 0 Å². The minimum atomic E-state index is -3.21. The molecule has 0 amide bonds. The molecule has 0 saturated carbocycles. The molecule has 108 valence electrons. The summed E-state index contributed by atoms with van der Waals surface area (Å²) in [5.41, 5.74) is 1.19. The summed E-state index contributed by atoms with van der Waals surface area (Å²) >= 11 is 0. The van der Waals surface area contributed by atoms with Crippen molar-refractivity contribution in [1.82, 2.24) is 5.32 Å². The van der Waals surface area contributed by atoms with Gasteiger partial charge in [-0.2, -0.15) is 0 Å². The molecule has 0 heterocycles. The van der Waals surface area contributed by atoms with E-state index < -0.39 is 9.84 Å². The Morgan fingerprint density at radius 3 is 2.11 bits per heavy atom. The van der Waals surface area contributed by atoms with Crippen LogP contribution in [0.25, 0.3) is 0 Å². The van der Waals surface area contributed by atoms with Crippen molar-refractivity contribution in [2.45, 2.75) is 51.0 Å². The highest BCUT2D eigenvalue weighted by atomic mass is 32.2. The van der Waals surface area contributed by atoms with Crippen molar-refractivity contribution in [2.75, 3.05) is 12.3 Å². The van der Waals surface area contributed by atoms with E-state index in [-0.39, 0.29) is 17.2 Å². The Labute approximate surface area is 117 Å². The van der Waals surface area contributed by atoms with E-state index in [1.54, 1.807) is 12.1 Å². The van der Waals surface area contributed by atoms with E-state index in [4.69, 9.17) is 0 Å². The quantitative estimate of drug-likeness (QED) is 0.904. The molecule has 0 radical (unpaired) electrons. The van der Waals surface area contributed by atoms with E-state index in [0.29, 0.717) is 4.90 Å². The van der Waals surface area contributed by atoms with Gasteiger partial charge < -0.3 is 5.32 Å². The van der Waals surface area contributed by atoms with Crippen LogP contribution in [0, 0.1) is 0 Å². The first-order valence-corrected chi connectivity index (χ1v) is 8.38. The fraction of sp³-hybridized carbons (Fsp3) is 0.600.